The van der Waals surface area contributed by atoms with Crippen molar-refractivity contribution in [1.82, 2.24) is 5.32 Å². The Bertz CT molecular complexity index is 919. The molecule has 0 aromatic heterocycles. The van der Waals surface area contributed by atoms with Crippen molar-refractivity contribution in [2.24, 2.45) is 0 Å². The maximum absolute atomic E-state index is 13.0. The number of hydrogen-bond donors (Lipinski definition) is 1. The molecule has 0 aliphatic heterocycles. The molecule has 2 aromatic carbocycles. The van der Waals surface area contributed by atoms with Crippen LogP contribution in [0.15, 0.2) is 42.5 Å². The summed E-state index contributed by atoms with van der Waals surface area (Å²) in [4.78, 5) is 12.6. The van der Waals surface area contributed by atoms with E-state index in [0.717, 1.165) is 10.6 Å². The number of sulfonamides is 1. The third-order valence-corrected chi connectivity index (χ3v) is 5.31. The first kappa shape index (κ1) is 21.0. The fourth-order valence-electron chi connectivity index (χ4n) is 2.56. The van der Waals surface area contributed by atoms with Gasteiger partial charge in [0.25, 0.3) is 0 Å². The molecule has 2 rings (SSSR count). The number of amides is 1. The molecule has 0 unspecified atom stereocenters. The number of carbonyl (C=O) groups is 1. The Balaban J connectivity index is 2.27. The Labute approximate surface area is 162 Å². The number of anilines is 1. The summed E-state index contributed by atoms with van der Waals surface area (Å²) in [7, 11) is -2.42. The zero-order chi connectivity index (χ0) is 20.2. The molecule has 2 aromatic rings. The molecule has 6 nitrogen and oxygen atoms in total. The van der Waals surface area contributed by atoms with Crippen LogP contribution in [0.5, 0.6) is 5.75 Å². The van der Waals surface area contributed by atoms with Crippen molar-refractivity contribution >= 4 is 33.2 Å². The van der Waals surface area contributed by atoms with E-state index in [2.05, 4.69) is 5.32 Å². The third kappa shape index (κ3) is 5.33. The van der Waals surface area contributed by atoms with Crippen molar-refractivity contribution in [3.63, 3.8) is 0 Å². The van der Waals surface area contributed by atoms with E-state index in [9.17, 15) is 17.6 Å². The van der Waals surface area contributed by atoms with Crippen molar-refractivity contribution in [3.05, 3.63) is 58.9 Å². The number of carbonyl (C=O) groups excluding carboxylic acids is 1. The Hall–Kier alpha value is -2.32. The Morgan fingerprint density at radius 2 is 1.89 bits per heavy atom. The van der Waals surface area contributed by atoms with Crippen LogP contribution in [-0.4, -0.2) is 33.7 Å². The minimum Gasteiger partial charge on any atom is -0.495 e. The van der Waals surface area contributed by atoms with Gasteiger partial charge < -0.3 is 10.1 Å². The highest BCUT2D eigenvalue weighted by Gasteiger charge is 2.31. The van der Waals surface area contributed by atoms with Gasteiger partial charge in [-0.05, 0) is 42.8 Å². The van der Waals surface area contributed by atoms with Gasteiger partial charge in [-0.2, -0.15) is 0 Å². The molecule has 0 fully saturated rings. The van der Waals surface area contributed by atoms with Crippen LogP contribution in [0.25, 0.3) is 0 Å². The van der Waals surface area contributed by atoms with Crippen LogP contribution in [0.3, 0.4) is 0 Å². The first-order valence-corrected chi connectivity index (χ1v) is 10.2. The molecule has 0 radical (unpaired) electrons. The van der Waals surface area contributed by atoms with E-state index in [4.69, 9.17) is 16.3 Å². The van der Waals surface area contributed by atoms with Crippen LogP contribution >= 0.6 is 11.6 Å². The average Bonchev–Trinajstić information content (AvgIpc) is 2.60. The lowest BCUT2D eigenvalue weighted by molar-refractivity contribution is -0.122. The normalized spacial score (nSPS) is 12.3. The third-order valence-electron chi connectivity index (χ3n) is 3.85. The Kier molecular flexibility index (Phi) is 6.67. The maximum Gasteiger partial charge on any atom is 0.243 e. The SMILES string of the molecule is COc1ccc(Cl)cc1N([C@@H](C)C(=O)NCc1ccc(F)cc1)S(C)(=O)=O. The molecule has 0 saturated carbocycles. The van der Waals surface area contributed by atoms with Gasteiger partial charge in [0.2, 0.25) is 15.9 Å². The molecule has 0 aliphatic rings. The summed E-state index contributed by atoms with van der Waals surface area (Å²) in [6.45, 7) is 1.59. The molecule has 0 spiro atoms. The molecule has 0 saturated heterocycles. The van der Waals surface area contributed by atoms with Crippen molar-refractivity contribution in [1.29, 1.82) is 0 Å². The van der Waals surface area contributed by atoms with E-state index in [1.54, 1.807) is 6.07 Å². The lowest BCUT2D eigenvalue weighted by Gasteiger charge is -2.29. The maximum atomic E-state index is 13.0. The first-order chi connectivity index (χ1) is 12.6. The number of nitrogens with zero attached hydrogens (tertiary/aromatic N) is 1. The van der Waals surface area contributed by atoms with Gasteiger partial charge in [0.05, 0.1) is 19.1 Å². The molecule has 0 heterocycles. The van der Waals surface area contributed by atoms with Gasteiger partial charge in [0, 0.05) is 11.6 Å². The van der Waals surface area contributed by atoms with Crippen LogP contribution in [0.2, 0.25) is 5.02 Å². The van der Waals surface area contributed by atoms with Gasteiger partial charge >= 0.3 is 0 Å². The molecular weight excluding hydrogens is 395 g/mol. The topological polar surface area (TPSA) is 75.7 Å². The second kappa shape index (κ2) is 8.58. The van der Waals surface area contributed by atoms with E-state index in [1.807, 2.05) is 0 Å². The van der Waals surface area contributed by atoms with Gasteiger partial charge in [-0.25, -0.2) is 12.8 Å². The van der Waals surface area contributed by atoms with Crippen LogP contribution < -0.4 is 14.4 Å². The zero-order valence-corrected chi connectivity index (χ0v) is 16.6. The first-order valence-electron chi connectivity index (χ1n) is 7.98. The van der Waals surface area contributed by atoms with Crippen molar-refractivity contribution in [2.75, 3.05) is 17.7 Å². The average molecular weight is 415 g/mol. The van der Waals surface area contributed by atoms with Gasteiger partial charge in [0.15, 0.2) is 0 Å². The molecule has 146 valence electrons. The second-order valence-corrected chi connectivity index (χ2v) is 8.19. The molecule has 1 atom stereocenters. The smallest absolute Gasteiger partial charge is 0.243 e. The molecular formula is C18H20ClFN2O4S. The number of halogens is 2. The van der Waals surface area contributed by atoms with Crippen molar-refractivity contribution in [2.45, 2.75) is 19.5 Å². The lowest BCUT2D eigenvalue weighted by atomic mass is 10.2. The predicted molar refractivity (Wildman–Crippen MR) is 103 cm³/mol. The largest absolute Gasteiger partial charge is 0.495 e. The van der Waals surface area contributed by atoms with E-state index in [0.29, 0.717) is 10.6 Å². The van der Waals surface area contributed by atoms with Crippen molar-refractivity contribution < 1.29 is 22.3 Å². The number of ether oxygens (including phenoxy) is 1. The van der Waals surface area contributed by atoms with Crippen LogP contribution in [0.4, 0.5) is 10.1 Å². The minimum absolute atomic E-state index is 0.133. The van der Waals surface area contributed by atoms with E-state index in [1.165, 1.54) is 50.4 Å². The van der Waals surface area contributed by atoms with E-state index >= 15 is 0 Å². The molecule has 0 bridgehead atoms. The van der Waals surface area contributed by atoms with Gasteiger partial charge in [0.1, 0.15) is 17.6 Å². The highest BCUT2D eigenvalue weighted by atomic mass is 35.5. The summed E-state index contributed by atoms with van der Waals surface area (Å²) >= 11 is 6.00. The quantitative estimate of drug-likeness (QED) is 0.755. The summed E-state index contributed by atoms with van der Waals surface area (Å²) in [5.41, 5.74) is 0.847. The second-order valence-electron chi connectivity index (χ2n) is 5.90. The minimum atomic E-state index is -3.82. The molecule has 1 N–H and O–H groups in total. The number of methoxy groups -OCH3 is 1. The summed E-state index contributed by atoms with van der Waals surface area (Å²) < 4.78 is 43.9. The zero-order valence-electron chi connectivity index (χ0n) is 15.1. The van der Waals surface area contributed by atoms with Crippen molar-refractivity contribution in [3.8, 4) is 5.75 Å². The monoisotopic (exact) mass is 414 g/mol. The highest BCUT2D eigenvalue weighted by molar-refractivity contribution is 7.92. The summed E-state index contributed by atoms with van der Waals surface area (Å²) in [5.74, 6) is -0.635. The Morgan fingerprint density at radius 3 is 2.44 bits per heavy atom. The lowest BCUT2D eigenvalue weighted by Crippen LogP contribution is -2.47. The number of nitrogens with one attached hydrogen (secondary N) is 1. The summed E-state index contributed by atoms with van der Waals surface area (Å²) in [6, 6.07) is 9.08. The van der Waals surface area contributed by atoms with Crippen LogP contribution in [0.1, 0.15) is 12.5 Å². The van der Waals surface area contributed by atoms with E-state index in [-0.39, 0.29) is 23.8 Å². The highest BCUT2D eigenvalue weighted by Crippen LogP contribution is 2.34. The fourth-order valence-corrected chi connectivity index (χ4v) is 3.89. The van der Waals surface area contributed by atoms with Crippen LogP contribution in [-0.2, 0) is 21.4 Å². The number of rotatable bonds is 7. The van der Waals surface area contributed by atoms with E-state index < -0.39 is 22.0 Å². The molecule has 0 aliphatic carbocycles. The summed E-state index contributed by atoms with van der Waals surface area (Å²) in [5, 5.41) is 2.96. The van der Waals surface area contributed by atoms with Gasteiger partial charge in [-0.15, -0.1) is 0 Å². The van der Waals surface area contributed by atoms with Gasteiger partial charge in [-0.3, -0.25) is 9.10 Å². The number of benzene rings is 2. The Morgan fingerprint density at radius 1 is 1.26 bits per heavy atom. The molecule has 27 heavy (non-hydrogen) atoms. The summed E-state index contributed by atoms with van der Waals surface area (Å²) in [6.07, 6.45) is 0.997. The fraction of sp³-hybridized carbons (Fsp3) is 0.278. The molecule has 9 heteroatoms. The van der Waals surface area contributed by atoms with Gasteiger partial charge in [-0.1, -0.05) is 23.7 Å². The molecule has 1 amide bonds. The van der Waals surface area contributed by atoms with Crippen LogP contribution in [0, 0.1) is 5.82 Å². The predicted octanol–water partition coefficient (Wildman–Crippen LogP) is 2.96. The standard InChI is InChI=1S/C18H20ClFN2O4S/c1-12(18(23)21-11-13-4-7-15(20)8-5-13)22(27(3,24)25)16-10-14(19)6-9-17(16)26-2/h4-10,12H,11H2,1-3H3,(H,21,23)/t12-/m0/s1. The number of hydrogen-bond acceptors (Lipinski definition) is 4.